The molecule has 0 spiro atoms. The van der Waals surface area contributed by atoms with Crippen molar-refractivity contribution in [3.8, 4) is 0 Å². The van der Waals surface area contributed by atoms with Gasteiger partial charge in [-0.15, -0.1) is 0 Å². The van der Waals surface area contributed by atoms with Crippen LogP contribution in [0, 0.1) is 0 Å². The molecule has 1 saturated heterocycles. The van der Waals surface area contributed by atoms with Gasteiger partial charge in [0.05, 0.1) is 6.54 Å². The quantitative estimate of drug-likeness (QED) is 0.325. The molecule has 1 aliphatic rings. The first kappa shape index (κ1) is 15.5. The van der Waals surface area contributed by atoms with Crippen LogP contribution in [0.5, 0.6) is 0 Å². The molecule has 5 heteroatoms. The number of ketones is 1. The van der Waals surface area contributed by atoms with Crippen LogP contribution in [0.1, 0.15) is 10.4 Å². The normalized spacial score (nSPS) is 17.2. The number of piperazine rings is 1. The SMILES string of the molecule is CN1CCN(CC(=O)c2cc[n+](C)cc2)CC1.[I-]. The van der Waals surface area contributed by atoms with Crippen molar-refractivity contribution in [2.75, 3.05) is 39.8 Å². The molecule has 4 nitrogen and oxygen atoms in total. The van der Waals surface area contributed by atoms with Gasteiger partial charge in [-0.05, 0) is 7.05 Å². The van der Waals surface area contributed by atoms with Gasteiger partial charge < -0.3 is 28.9 Å². The summed E-state index contributed by atoms with van der Waals surface area (Å²) in [5.74, 6) is 0.218. The number of aromatic nitrogens is 1. The van der Waals surface area contributed by atoms with Gasteiger partial charge in [0.2, 0.25) is 0 Å². The third kappa shape index (κ3) is 4.29. The van der Waals surface area contributed by atoms with Gasteiger partial charge in [0.25, 0.3) is 0 Å². The van der Waals surface area contributed by atoms with Crippen molar-refractivity contribution >= 4 is 5.78 Å². The van der Waals surface area contributed by atoms with Crippen LogP contribution in [-0.4, -0.2) is 55.4 Å². The molecule has 2 heterocycles. The Morgan fingerprint density at radius 1 is 1.22 bits per heavy atom. The van der Waals surface area contributed by atoms with E-state index in [0.29, 0.717) is 6.54 Å². The Morgan fingerprint density at radius 2 is 1.78 bits per heavy atom. The van der Waals surface area contributed by atoms with Gasteiger partial charge in [0.1, 0.15) is 7.05 Å². The highest BCUT2D eigenvalue weighted by molar-refractivity contribution is 5.97. The fourth-order valence-corrected chi connectivity index (χ4v) is 1.99. The van der Waals surface area contributed by atoms with E-state index in [1.165, 1.54) is 0 Å². The number of likely N-dealkylation sites (N-methyl/N-ethyl adjacent to an activating group) is 1. The second-order valence-corrected chi connectivity index (χ2v) is 4.75. The zero-order valence-corrected chi connectivity index (χ0v) is 13.1. The van der Waals surface area contributed by atoms with Crippen LogP contribution in [-0.2, 0) is 7.05 Å². The molecule has 0 aromatic carbocycles. The van der Waals surface area contributed by atoms with Gasteiger partial charge in [-0.25, -0.2) is 4.57 Å². The Bertz CT molecular complexity index is 386. The lowest BCUT2D eigenvalue weighted by Gasteiger charge is -2.31. The van der Waals surface area contributed by atoms with E-state index in [1.54, 1.807) is 0 Å². The van der Waals surface area contributed by atoms with Crippen LogP contribution >= 0.6 is 0 Å². The Morgan fingerprint density at radius 3 is 2.33 bits per heavy atom. The summed E-state index contributed by atoms with van der Waals surface area (Å²) in [5, 5.41) is 0. The van der Waals surface area contributed by atoms with E-state index in [9.17, 15) is 4.79 Å². The summed E-state index contributed by atoms with van der Waals surface area (Å²) in [4.78, 5) is 16.6. The predicted octanol–water partition coefficient (Wildman–Crippen LogP) is -3.05. The Kier molecular flexibility index (Phi) is 6.17. The van der Waals surface area contributed by atoms with Crippen molar-refractivity contribution in [2.45, 2.75) is 0 Å². The molecule has 0 radical (unpaired) electrons. The number of pyridine rings is 1. The second-order valence-electron chi connectivity index (χ2n) is 4.75. The van der Waals surface area contributed by atoms with E-state index < -0.39 is 0 Å². The van der Waals surface area contributed by atoms with E-state index in [0.717, 1.165) is 31.7 Å². The van der Waals surface area contributed by atoms with Crippen molar-refractivity contribution in [1.29, 1.82) is 0 Å². The summed E-state index contributed by atoms with van der Waals surface area (Å²) in [6, 6.07) is 3.77. The van der Waals surface area contributed by atoms with Gasteiger partial charge in [0.15, 0.2) is 18.2 Å². The van der Waals surface area contributed by atoms with Crippen LogP contribution < -0.4 is 28.5 Å². The van der Waals surface area contributed by atoms with Crippen LogP contribution in [0.2, 0.25) is 0 Å². The van der Waals surface area contributed by atoms with E-state index in [2.05, 4.69) is 16.8 Å². The fraction of sp³-hybridized carbons (Fsp3) is 0.538. The number of carbonyl (C=O) groups excluding carboxylic acids is 1. The molecule has 1 fully saturated rings. The minimum Gasteiger partial charge on any atom is -1.00 e. The van der Waals surface area contributed by atoms with E-state index in [-0.39, 0.29) is 29.8 Å². The van der Waals surface area contributed by atoms with Crippen molar-refractivity contribution in [3.05, 3.63) is 30.1 Å². The summed E-state index contributed by atoms with van der Waals surface area (Å²) >= 11 is 0. The number of carbonyl (C=O) groups is 1. The summed E-state index contributed by atoms with van der Waals surface area (Å²) < 4.78 is 1.94. The summed E-state index contributed by atoms with van der Waals surface area (Å²) in [6.07, 6.45) is 3.83. The molecule has 0 bridgehead atoms. The molecule has 0 N–H and O–H groups in total. The molecule has 1 aromatic heterocycles. The highest BCUT2D eigenvalue weighted by Crippen LogP contribution is 2.03. The standard InChI is InChI=1S/C13H20N3O.HI/c1-14-5-3-12(4-6-14)13(17)11-16-9-7-15(2)8-10-16;/h3-6H,7-11H2,1-2H3;1H/q+1;/p-1. The lowest BCUT2D eigenvalue weighted by molar-refractivity contribution is -0.671. The number of Topliss-reactive ketones (excluding diaryl/α,β-unsaturated/α-hetero) is 1. The van der Waals surface area contributed by atoms with Gasteiger partial charge in [0, 0.05) is 43.9 Å². The number of halogens is 1. The number of hydrogen-bond donors (Lipinski definition) is 0. The number of aryl methyl sites for hydroxylation is 1. The third-order valence-electron chi connectivity index (χ3n) is 3.26. The van der Waals surface area contributed by atoms with Crippen LogP contribution in [0.3, 0.4) is 0 Å². The average molecular weight is 361 g/mol. The second kappa shape index (κ2) is 7.16. The van der Waals surface area contributed by atoms with Gasteiger partial charge in [-0.1, -0.05) is 0 Å². The maximum absolute atomic E-state index is 12.0. The zero-order chi connectivity index (χ0) is 12.3. The van der Waals surface area contributed by atoms with E-state index >= 15 is 0 Å². The van der Waals surface area contributed by atoms with Crippen LogP contribution in [0.4, 0.5) is 0 Å². The Balaban J connectivity index is 0.00000162. The minimum atomic E-state index is 0. The lowest BCUT2D eigenvalue weighted by Crippen LogP contribution is -3.00. The number of nitrogens with zero attached hydrogens (tertiary/aromatic N) is 3. The van der Waals surface area contributed by atoms with Gasteiger partial charge in [-0.2, -0.15) is 0 Å². The molecular formula is C13H20IN3O. The van der Waals surface area contributed by atoms with Crippen molar-refractivity contribution < 1.29 is 33.3 Å². The molecule has 0 saturated carbocycles. The molecule has 100 valence electrons. The largest absolute Gasteiger partial charge is 1.00 e. The molecule has 0 amide bonds. The topological polar surface area (TPSA) is 27.4 Å². The molecule has 18 heavy (non-hydrogen) atoms. The van der Waals surface area contributed by atoms with Crippen molar-refractivity contribution in [3.63, 3.8) is 0 Å². The smallest absolute Gasteiger partial charge is 0.177 e. The summed E-state index contributed by atoms with van der Waals surface area (Å²) in [7, 11) is 4.07. The third-order valence-corrected chi connectivity index (χ3v) is 3.26. The highest BCUT2D eigenvalue weighted by Gasteiger charge is 2.17. The zero-order valence-electron chi connectivity index (χ0n) is 11.0. The highest BCUT2D eigenvalue weighted by atomic mass is 127. The molecular weight excluding hydrogens is 341 g/mol. The first-order valence-corrected chi connectivity index (χ1v) is 6.04. The maximum atomic E-state index is 12.0. The number of rotatable bonds is 3. The molecule has 1 aliphatic heterocycles. The monoisotopic (exact) mass is 361 g/mol. The molecule has 1 aromatic rings. The average Bonchev–Trinajstić information content (AvgIpc) is 2.33. The van der Waals surface area contributed by atoms with Crippen LogP contribution in [0.15, 0.2) is 24.5 Å². The van der Waals surface area contributed by atoms with Crippen molar-refractivity contribution in [2.24, 2.45) is 7.05 Å². The first-order chi connectivity index (χ1) is 8.15. The number of hydrogen-bond acceptors (Lipinski definition) is 3. The van der Waals surface area contributed by atoms with E-state index in [1.807, 2.05) is 36.1 Å². The molecule has 0 unspecified atom stereocenters. The predicted molar refractivity (Wildman–Crippen MR) is 65.9 cm³/mol. The summed E-state index contributed by atoms with van der Waals surface area (Å²) in [5.41, 5.74) is 0.807. The molecule has 0 aliphatic carbocycles. The Labute approximate surface area is 126 Å². The summed E-state index contributed by atoms with van der Waals surface area (Å²) in [6.45, 7) is 4.63. The maximum Gasteiger partial charge on any atom is 0.177 e. The van der Waals surface area contributed by atoms with Gasteiger partial charge in [-0.3, -0.25) is 9.69 Å². The van der Waals surface area contributed by atoms with E-state index in [4.69, 9.17) is 0 Å². The molecule has 0 atom stereocenters. The first-order valence-electron chi connectivity index (χ1n) is 6.04. The van der Waals surface area contributed by atoms with Crippen LogP contribution in [0.25, 0.3) is 0 Å². The molecule has 2 rings (SSSR count). The van der Waals surface area contributed by atoms with Gasteiger partial charge >= 0.3 is 0 Å². The Hall–Kier alpha value is -0.530. The minimum absolute atomic E-state index is 0. The fourth-order valence-electron chi connectivity index (χ4n) is 1.99. The lowest BCUT2D eigenvalue weighted by atomic mass is 10.1. The van der Waals surface area contributed by atoms with Crippen molar-refractivity contribution in [1.82, 2.24) is 9.80 Å².